The third-order valence-electron chi connectivity index (χ3n) is 3.25. The second-order valence-corrected chi connectivity index (χ2v) is 4.82. The van der Waals surface area contributed by atoms with Gasteiger partial charge < -0.3 is 15.5 Å². The molecule has 0 aromatic heterocycles. The summed E-state index contributed by atoms with van der Waals surface area (Å²) in [6.07, 6.45) is -3.55. The molecule has 5 nitrogen and oxygen atoms in total. The van der Waals surface area contributed by atoms with E-state index in [0.717, 1.165) is 12.1 Å². The van der Waals surface area contributed by atoms with E-state index in [1.807, 2.05) is 34.5 Å². The maximum absolute atomic E-state index is 12.0. The number of carbonyl (C=O) groups excluding carboxylic acids is 1. The van der Waals surface area contributed by atoms with Crippen LogP contribution in [0.3, 0.4) is 0 Å². The molecule has 9 heteroatoms. The highest BCUT2D eigenvalue weighted by atomic mass is 127. The molecule has 2 rings (SSSR count). The number of alkyl halides is 3. The molecule has 0 fully saturated rings. The van der Waals surface area contributed by atoms with Gasteiger partial charge in [0.05, 0.1) is 6.54 Å². The van der Waals surface area contributed by atoms with Gasteiger partial charge in [-0.2, -0.15) is 13.2 Å². The highest BCUT2D eigenvalue weighted by Crippen LogP contribution is 2.27. The molecule has 0 unspecified atom stereocenters. The summed E-state index contributed by atoms with van der Waals surface area (Å²) < 4.78 is 36.1. The number of nitrogens with one attached hydrogen (secondary N) is 2. The molecule has 0 spiro atoms. The Bertz CT molecular complexity index is 577. The van der Waals surface area contributed by atoms with Gasteiger partial charge in [0, 0.05) is 19.3 Å². The zero-order chi connectivity index (χ0) is 16.2. The molecule has 1 aliphatic heterocycles. The van der Waals surface area contributed by atoms with Crippen molar-refractivity contribution in [3.8, 4) is 0 Å². The summed E-state index contributed by atoms with van der Waals surface area (Å²) in [5.74, 6) is -0.266. The number of nitrogens with zero attached hydrogens (tertiary/aromatic N) is 2. The van der Waals surface area contributed by atoms with E-state index in [1.54, 1.807) is 7.05 Å². The second-order valence-electron chi connectivity index (χ2n) is 4.82. The summed E-state index contributed by atoms with van der Waals surface area (Å²) in [4.78, 5) is 17.4. The van der Waals surface area contributed by atoms with Gasteiger partial charge in [-0.25, -0.2) is 0 Å². The lowest BCUT2D eigenvalue weighted by Crippen LogP contribution is -2.46. The lowest BCUT2D eigenvalue weighted by atomic mass is 10.2. The molecule has 128 valence electrons. The lowest BCUT2D eigenvalue weighted by molar-refractivity contribution is -0.137. The fourth-order valence-corrected chi connectivity index (χ4v) is 2.27. The number of para-hydroxylation sites is 1. The van der Waals surface area contributed by atoms with Gasteiger partial charge in [-0.1, -0.05) is 18.2 Å². The van der Waals surface area contributed by atoms with Crippen molar-refractivity contribution in [1.82, 2.24) is 10.6 Å². The summed E-state index contributed by atoms with van der Waals surface area (Å²) in [6, 6.07) is 7.81. The predicted molar refractivity (Wildman–Crippen MR) is 93.3 cm³/mol. The zero-order valence-corrected chi connectivity index (χ0v) is 14.8. The fraction of sp³-hybridized carbons (Fsp3) is 0.429. The minimum absolute atomic E-state index is 0. The van der Waals surface area contributed by atoms with E-state index in [1.165, 1.54) is 5.56 Å². The van der Waals surface area contributed by atoms with Crippen LogP contribution in [0.2, 0.25) is 0 Å². The number of anilines is 1. The number of carbonyl (C=O) groups is 1. The van der Waals surface area contributed by atoms with Crippen LogP contribution in [0.25, 0.3) is 0 Å². The Labute approximate surface area is 149 Å². The molecule has 0 radical (unpaired) electrons. The molecule has 1 amide bonds. The number of halogens is 4. The Morgan fingerprint density at radius 3 is 2.65 bits per heavy atom. The number of benzene rings is 1. The maximum Gasteiger partial charge on any atom is 0.405 e. The van der Waals surface area contributed by atoms with Gasteiger partial charge in [0.15, 0.2) is 5.96 Å². The molecule has 23 heavy (non-hydrogen) atoms. The molecule has 0 saturated carbocycles. The van der Waals surface area contributed by atoms with Crippen LogP contribution in [0, 0.1) is 0 Å². The Hall–Kier alpha value is -1.52. The summed E-state index contributed by atoms with van der Waals surface area (Å²) in [7, 11) is 1.57. The molecule has 1 heterocycles. The van der Waals surface area contributed by atoms with Crippen LogP contribution in [0.1, 0.15) is 5.56 Å². The van der Waals surface area contributed by atoms with E-state index in [0.29, 0.717) is 12.5 Å². The van der Waals surface area contributed by atoms with E-state index in [9.17, 15) is 18.0 Å². The van der Waals surface area contributed by atoms with Gasteiger partial charge in [-0.3, -0.25) is 9.79 Å². The molecular weight excluding hydrogens is 424 g/mol. The monoisotopic (exact) mass is 442 g/mol. The first kappa shape index (κ1) is 19.5. The third-order valence-corrected chi connectivity index (χ3v) is 3.25. The van der Waals surface area contributed by atoms with E-state index >= 15 is 0 Å². The quantitative estimate of drug-likeness (QED) is 0.428. The minimum Gasteiger partial charge on any atom is -0.347 e. The van der Waals surface area contributed by atoms with E-state index in [2.05, 4.69) is 10.3 Å². The van der Waals surface area contributed by atoms with Crippen molar-refractivity contribution in [1.29, 1.82) is 0 Å². The van der Waals surface area contributed by atoms with Crippen molar-refractivity contribution in [2.75, 3.05) is 31.6 Å². The summed E-state index contributed by atoms with van der Waals surface area (Å²) in [5.41, 5.74) is 2.17. The van der Waals surface area contributed by atoms with E-state index in [4.69, 9.17) is 0 Å². The third kappa shape index (κ3) is 5.56. The number of hydrogen-bond acceptors (Lipinski definition) is 2. The largest absolute Gasteiger partial charge is 0.405 e. The van der Waals surface area contributed by atoms with Crippen molar-refractivity contribution in [3.63, 3.8) is 0 Å². The van der Waals surface area contributed by atoms with Crippen molar-refractivity contribution >= 4 is 41.5 Å². The van der Waals surface area contributed by atoms with Crippen molar-refractivity contribution < 1.29 is 18.0 Å². The predicted octanol–water partition coefficient (Wildman–Crippen LogP) is 1.92. The van der Waals surface area contributed by atoms with Crippen LogP contribution in [0.5, 0.6) is 0 Å². The van der Waals surface area contributed by atoms with Gasteiger partial charge in [0.2, 0.25) is 5.91 Å². The molecule has 1 aliphatic rings. The van der Waals surface area contributed by atoms with Crippen LogP contribution in [0.4, 0.5) is 18.9 Å². The molecule has 1 aromatic carbocycles. The van der Waals surface area contributed by atoms with Crippen LogP contribution < -0.4 is 15.5 Å². The first-order chi connectivity index (χ1) is 10.4. The van der Waals surface area contributed by atoms with Gasteiger partial charge in [-0.15, -0.1) is 24.0 Å². The highest BCUT2D eigenvalue weighted by molar-refractivity contribution is 14.0. The summed E-state index contributed by atoms with van der Waals surface area (Å²) in [5, 5.41) is 4.60. The topological polar surface area (TPSA) is 56.7 Å². The standard InChI is InChI=1S/C14H17F3N4O.HI/c1-18-13(19-8-12(22)20-9-14(15,16)17)21-7-6-10-4-2-3-5-11(10)21;/h2-5H,6-9H2,1H3,(H,18,19)(H,20,22);1H. The number of guanidine groups is 1. The maximum atomic E-state index is 12.0. The molecule has 0 saturated heterocycles. The van der Waals surface area contributed by atoms with Crippen LogP contribution in [-0.2, 0) is 11.2 Å². The fourth-order valence-electron chi connectivity index (χ4n) is 2.27. The van der Waals surface area contributed by atoms with Crippen molar-refractivity contribution in [3.05, 3.63) is 29.8 Å². The number of rotatable bonds is 3. The molecular formula is C14H18F3IN4O. The Balaban J connectivity index is 0.00000264. The van der Waals surface area contributed by atoms with Gasteiger partial charge >= 0.3 is 6.18 Å². The first-order valence-corrected chi connectivity index (χ1v) is 6.80. The number of fused-ring (bicyclic) bond motifs is 1. The average molecular weight is 442 g/mol. The molecule has 0 bridgehead atoms. The zero-order valence-electron chi connectivity index (χ0n) is 12.5. The van der Waals surface area contributed by atoms with Gasteiger partial charge in [-0.05, 0) is 18.1 Å². The van der Waals surface area contributed by atoms with Crippen molar-refractivity contribution in [2.24, 2.45) is 4.99 Å². The molecule has 1 aromatic rings. The summed E-state index contributed by atoms with van der Waals surface area (Å²) >= 11 is 0. The van der Waals surface area contributed by atoms with Gasteiger partial charge in [0.25, 0.3) is 0 Å². The van der Waals surface area contributed by atoms with Crippen molar-refractivity contribution in [2.45, 2.75) is 12.6 Å². The van der Waals surface area contributed by atoms with E-state index in [-0.39, 0.29) is 30.5 Å². The highest BCUT2D eigenvalue weighted by Gasteiger charge is 2.28. The second kappa shape index (κ2) is 8.37. The molecule has 2 N–H and O–H groups in total. The van der Waals surface area contributed by atoms with E-state index < -0.39 is 18.6 Å². The van der Waals surface area contributed by atoms with Crippen LogP contribution >= 0.6 is 24.0 Å². The van der Waals surface area contributed by atoms with Gasteiger partial charge in [0.1, 0.15) is 6.54 Å². The van der Waals surface area contributed by atoms with Crippen LogP contribution in [-0.4, -0.2) is 44.7 Å². The SMILES string of the molecule is CN=C(NCC(=O)NCC(F)(F)F)N1CCc2ccccc21.I. The van der Waals surface area contributed by atoms with Crippen LogP contribution in [0.15, 0.2) is 29.3 Å². The Morgan fingerprint density at radius 1 is 1.30 bits per heavy atom. The normalized spacial score (nSPS) is 14.1. The molecule has 0 aliphatic carbocycles. The first-order valence-electron chi connectivity index (χ1n) is 6.80. The summed E-state index contributed by atoms with van der Waals surface area (Å²) in [6.45, 7) is -0.886. The number of aliphatic imine (C=N–C) groups is 1. The number of hydrogen-bond donors (Lipinski definition) is 2. The molecule has 0 atom stereocenters. The minimum atomic E-state index is -4.41. The lowest BCUT2D eigenvalue weighted by Gasteiger charge is -2.22. The Kier molecular flexibility index (Phi) is 7.10. The average Bonchev–Trinajstić information content (AvgIpc) is 2.89. The smallest absolute Gasteiger partial charge is 0.347 e. The Morgan fingerprint density at radius 2 is 2.00 bits per heavy atom. The number of amides is 1.